The van der Waals surface area contributed by atoms with Crippen molar-refractivity contribution in [3.63, 3.8) is 0 Å². The predicted octanol–water partition coefficient (Wildman–Crippen LogP) is 3.13. The number of hydrogen-bond acceptors (Lipinski definition) is 5. The minimum atomic E-state index is -3.47. The van der Waals surface area contributed by atoms with Crippen LogP contribution in [0.15, 0.2) is 59.5 Å². The predicted molar refractivity (Wildman–Crippen MR) is 135 cm³/mol. The van der Waals surface area contributed by atoms with Crippen molar-refractivity contribution >= 4 is 22.0 Å². The van der Waals surface area contributed by atoms with Gasteiger partial charge in [-0.05, 0) is 47.9 Å². The van der Waals surface area contributed by atoms with Crippen molar-refractivity contribution in [3.05, 3.63) is 65.7 Å². The molecule has 1 saturated heterocycles. The van der Waals surface area contributed by atoms with E-state index in [0.717, 1.165) is 37.4 Å². The summed E-state index contributed by atoms with van der Waals surface area (Å²) in [6.45, 7) is 8.59. The second-order valence-electron chi connectivity index (χ2n) is 8.26. The maximum Gasteiger partial charge on any atom is 0.246 e. The van der Waals surface area contributed by atoms with Crippen LogP contribution in [0.4, 0.5) is 0 Å². The second kappa shape index (κ2) is 12.1. The summed E-state index contributed by atoms with van der Waals surface area (Å²) in [5, 5.41) is 0. The summed E-state index contributed by atoms with van der Waals surface area (Å²) in [6, 6.07) is 14.8. The minimum Gasteiger partial charge on any atom is -0.497 e. The van der Waals surface area contributed by atoms with Crippen LogP contribution >= 0.6 is 0 Å². The van der Waals surface area contributed by atoms with Gasteiger partial charge in [-0.3, -0.25) is 9.69 Å². The molecule has 3 rings (SSSR count). The lowest BCUT2D eigenvalue weighted by atomic mass is 10.1. The summed E-state index contributed by atoms with van der Waals surface area (Å²) >= 11 is 0. The Labute approximate surface area is 203 Å². The molecule has 7 nitrogen and oxygen atoms in total. The van der Waals surface area contributed by atoms with Crippen LogP contribution < -0.4 is 4.74 Å². The lowest BCUT2D eigenvalue weighted by molar-refractivity contribution is -0.127. The number of rotatable bonds is 10. The maximum atomic E-state index is 12.6. The van der Waals surface area contributed by atoms with Crippen LogP contribution in [0.2, 0.25) is 0 Å². The van der Waals surface area contributed by atoms with Crippen molar-refractivity contribution in [1.29, 1.82) is 0 Å². The fourth-order valence-corrected chi connectivity index (χ4v) is 5.47. The zero-order valence-electron chi connectivity index (χ0n) is 20.3. The van der Waals surface area contributed by atoms with Crippen LogP contribution in [-0.2, 0) is 21.2 Å². The van der Waals surface area contributed by atoms with Crippen LogP contribution in [0.1, 0.15) is 25.0 Å². The molecule has 8 heteroatoms. The third kappa shape index (κ3) is 6.68. The largest absolute Gasteiger partial charge is 0.497 e. The highest BCUT2D eigenvalue weighted by atomic mass is 32.2. The van der Waals surface area contributed by atoms with E-state index >= 15 is 0 Å². The summed E-state index contributed by atoms with van der Waals surface area (Å²) in [7, 11) is -1.81. The van der Waals surface area contributed by atoms with Crippen molar-refractivity contribution < 1.29 is 17.9 Å². The molecule has 0 aliphatic carbocycles. The van der Waals surface area contributed by atoms with Crippen LogP contribution in [0, 0.1) is 0 Å². The average Bonchev–Trinajstić information content (AvgIpc) is 2.87. The van der Waals surface area contributed by atoms with Crippen LogP contribution in [0.5, 0.6) is 5.75 Å². The van der Waals surface area contributed by atoms with E-state index in [1.54, 1.807) is 43.5 Å². The molecule has 0 unspecified atom stereocenters. The zero-order chi connectivity index (χ0) is 24.6. The SMILES string of the molecule is CCN(CC)S(=O)(=O)c1ccc(/C=C/C(=O)N2CCN(CCc3ccc(OC)cc3)CC2)cc1. The Morgan fingerprint density at radius 1 is 0.971 bits per heavy atom. The number of ether oxygens (including phenoxy) is 1. The van der Waals surface area contributed by atoms with Crippen molar-refractivity contribution in [2.45, 2.75) is 25.2 Å². The summed E-state index contributed by atoms with van der Waals surface area (Å²) < 4.78 is 31.8. The Morgan fingerprint density at radius 3 is 2.15 bits per heavy atom. The molecule has 2 aromatic rings. The molecular weight excluding hydrogens is 450 g/mol. The van der Waals surface area contributed by atoms with Crippen LogP contribution in [-0.4, -0.2) is 81.4 Å². The molecule has 2 aromatic carbocycles. The fraction of sp³-hybridized carbons (Fsp3) is 0.423. The number of carbonyl (C=O) groups is 1. The first-order chi connectivity index (χ1) is 16.4. The van der Waals surface area contributed by atoms with Gasteiger partial charge >= 0.3 is 0 Å². The van der Waals surface area contributed by atoms with Gasteiger partial charge in [0, 0.05) is 51.9 Å². The molecule has 0 spiro atoms. The molecule has 0 aromatic heterocycles. The van der Waals surface area contributed by atoms with E-state index in [1.807, 2.05) is 30.9 Å². The average molecular weight is 486 g/mol. The number of carbonyl (C=O) groups excluding carboxylic acids is 1. The summed E-state index contributed by atoms with van der Waals surface area (Å²) in [5.74, 6) is 0.846. The lowest BCUT2D eigenvalue weighted by Gasteiger charge is -2.34. The Hall–Kier alpha value is -2.68. The highest BCUT2D eigenvalue weighted by Crippen LogP contribution is 2.17. The highest BCUT2D eigenvalue weighted by Gasteiger charge is 2.21. The standard InChI is InChI=1S/C26H35N3O4S/c1-4-29(5-2)34(31,32)25-13-8-22(9-14-25)10-15-26(30)28-20-18-27(19-21-28)17-16-23-6-11-24(33-3)12-7-23/h6-15H,4-5,16-21H2,1-3H3/b15-10+. The molecule has 1 heterocycles. The van der Waals surface area contributed by atoms with Gasteiger partial charge in [-0.15, -0.1) is 0 Å². The first kappa shape index (κ1) is 25.9. The number of benzene rings is 2. The van der Waals surface area contributed by atoms with Gasteiger partial charge in [0.15, 0.2) is 0 Å². The third-order valence-corrected chi connectivity index (χ3v) is 8.27. The van der Waals surface area contributed by atoms with Gasteiger partial charge in [0.25, 0.3) is 0 Å². The molecule has 1 fully saturated rings. The van der Waals surface area contributed by atoms with E-state index in [2.05, 4.69) is 17.0 Å². The van der Waals surface area contributed by atoms with Crippen LogP contribution in [0.3, 0.4) is 0 Å². The van der Waals surface area contributed by atoms with E-state index in [9.17, 15) is 13.2 Å². The molecule has 34 heavy (non-hydrogen) atoms. The number of piperazine rings is 1. The summed E-state index contributed by atoms with van der Waals surface area (Å²) in [6.07, 6.45) is 4.28. The smallest absolute Gasteiger partial charge is 0.246 e. The Balaban J connectivity index is 1.47. The molecule has 0 radical (unpaired) electrons. The fourth-order valence-electron chi connectivity index (χ4n) is 4.01. The van der Waals surface area contributed by atoms with E-state index < -0.39 is 10.0 Å². The molecule has 184 valence electrons. The normalized spacial score (nSPS) is 15.2. The van der Waals surface area contributed by atoms with E-state index in [4.69, 9.17) is 4.74 Å². The zero-order valence-corrected chi connectivity index (χ0v) is 21.1. The minimum absolute atomic E-state index is 0.0188. The number of sulfonamides is 1. The van der Waals surface area contributed by atoms with E-state index in [-0.39, 0.29) is 10.8 Å². The second-order valence-corrected chi connectivity index (χ2v) is 10.2. The van der Waals surface area contributed by atoms with Gasteiger partial charge in [0.2, 0.25) is 15.9 Å². The van der Waals surface area contributed by atoms with Gasteiger partial charge in [0.05, 0.1) is 12.0 Å². The van der Waals surface area contributed by atoms with Crippen molar-refractivity contribution in [2.75, 3.05) is 52.9 Å². The molecule has 1 aliphatic heterocycles. The quantitative estimate of drug-likeness (QED) is 0.484. The summed E-state index contributed by atoms with van der Waals surface area (Å²) in [4.78, 5) is 17.1. The number of hydrogen-bond donors (Lipinski definition) is 0. The molecule has 0 atom stereocenters. The van der Waals surface area contributed by atoms with Gasteiger partial charge in [0.1, 0.15) is 5.75 Å². The molecule has 1 aliphatic rings. The maximum absolute atomic E-state index is 12.6. The number of methoxy groups -OCH3 is 1. The Kier molecular flexibility index (Phi) is 9.27. The van der Waals surface area contributed by atoms with Gasteiger partial charge in [-0.25, -0.2) is 8.42 Å². The van der Waals surface area contributed by atoms with E-state index in [1.165, 1.54) is 9.87 Å². The van der Waals surface area contributed by atoms with Gasteiger partial charge in [-0.2, -0.15) is 4.31 Å². The van der Waals surface area contributed by atoms with Crippen molar-refractivity contribution in [3.8, 4) is 5.75 Å². The first-order valence-electron chi connectivity index (χ1n) is 11.8. The molecule has 1 amide bonds. The third-order valence-electron chi connectivity index (χ3n) is 6.20. The molecular formula is C26H35N3O4S. The first-order valence-corrected chi connectivity index (χ1v) is 13.2. The van der Waals surface area contributed by atoms with Crippen molar-refractivity contribution in [1.82, 2.24) is 14.1 Å². The topological polar surface area (TPSA) is 70.2 Å². The highest BCUT2D eigenvalue weighted by molar-refractivity contribution is 7.89. The van der Waals surface area contributed by atoms with Crippen LogP contribution in [0.25, 0.3) is 6.08 Å². The van der Waals surface area contributed by atoms with E-state index in [0.29, 0.717) is 26.2 Å². The Bertz CT molecular complexity index is 1050. The monoisotopic (exact) mass is 485 g/mol. The molecule has 0 N–H and O–H groups in total. The molecule has 0 saturated carbocycles. The number of nitrogens with zero attached hydrogens (tertiary/aromatic N) is 3. The molecule has 0 bridgehead atoms. The summed E-state index contributed by atoms with van der Waals surface area (Å²) in [5.41, 5.74) is 2.07. The Morgan fingerprint density at radius 2 is 1.59 bits per heavy atom. The van der Waals surface area contributed by atoms with Gasteiger partial charge < -0.3 is 9.64 Å². The lowest BCUT2D eigenvalue weighted by Crippen LogP contribution is -2.48. The van der Waals surface area contributed by atoms with Gasteiger partial charge in [-0.1, -0.05) is 38.1 Å². The van der Waals surface area contributed by atoms with Crippen molar-refractivity contribution in [2.24, 2.45) is 0 Å². The number of amides is 1.